The van der Waals surface area contributed by atoms with E-state index in [1.54, 1.807) is 28.4 Å². The van der Waals surface area contributed by atoms with Crippen LogP contribution in [0.2, 0.25) is 0 Å². The molecule has 0 saturated carbocycles. The van der Waals surface area contributed by atoms with Gasteiger partial charge in [0.15, 0.2) is 0 Å². The van der Waals surface area contributed by atoms with Crippen LogP contribution in [-0.4, -0.2) is 112 Å². The maximum Gasteiger partial charge on any atom is 0.243 e. The molecule has 376 valence electrons. The number of carbonyl (C=O) groups excluding carboxylic acids is 5. The van der Waals surface area contributed by atoms with E-state index in [-0.39, 0.29) is 69.0 Å². The zero-order valence-corrected chi connectivity index (χ0v) is 43.2. The molecule has 0 radical (unpaired) electrons. The monoisotopic (exact) mass is 977 g/mol. The number of hydrogen-bond acceptors (Lipinski definition) is 10. The van der Waals surface area contributed by atoms with Gasteiger partial charge in [-0.05, 0) is 66.2 Å². The molecule has 68 heavy (non-hydrogen) atoms. The average Bonchev–Trinajstić information content (AvgIpc) is 3.63. The molecule has 8 atom stereocenters. The second-order valence-electron chi connectivity index (χ2n) is 21.0. The molecule has 5 amide bonds. The number of nitrogens with two attached hydrogens (primary N) is 1. The molecular weight excluding hydrogens is 897 g/mol. The number of fused-ring (bicyclic) bond motifs is 2. The standard InChI is InChI=1S/C53H80N6O7S2/c1-36(2)48(61)55-33-39-25-26-43(60)58-45(68-39)32-53(5,6)46(58)49(62)56-41(37-21-15-13-16-22-37)34-65-28-19-11-9-7-8-10-12-20-29-66-35-42(38-23-17-14-18-24-38)57-50(63)47-52(3,4)31-44-59(47)51(64)40(54)27-30-67-44/h13-18,21-24,36,39-42,44-47H,7-12,19-20,25-35,54H2,1-6H3,(H,55,61)(H,56,62)(H,57,63)/t39?,40-,41+,42+,44-,45-,46+,47+/m0/s1. The maximum absolute atomic E-state index is 14.2. The van der Waals surface area contributed by atoms with Crippen LogP contribution >= 0.6 is 23.5 Å². The highest BCUT2D eigenvalue weighted by atomic mass is 32.2. The molecular formula is C53H80N6O7S2. The van der Waals surface area contributed by atoms with Crippen molar-refractivity contribution in [3.05, 3.63) is 71.8 Å². The van der Waals surface area contributed by atoms with Crippen LogP contribution in [0.25, 0.3) is 0 Å². The molecule has 2 aromatic carbocycles. The first-order chi connectivity index (χ1) is 32.6. The van der Waals surface area contributed by atoms with E-state index in [9.17, 15) is 24.0 Å². The Balaban J connectivity index is 0.874. The minimum Gasteiger partial charge on any atom is -0.379 e. The second-order valence-corrected chi connectivity index (χ2v) is 23.8. The number of thioether (sulfide) groups is 2. The summed E-state index contributed by atoms with van der Waals surface area (Å²) in [5.74, 6) is 0.300. The van der Waals surface area contributed by atoms with Gasteiger partial charge in [-0.25, -0.2) is 0 Å². The minimum absolute atomic E-state index is 0.000566. The number of ether oxygens (including phenoxy) is 2. The fraction of sp³-hybridized carbons (Fsp3) is 0.679. The highest BCUT2D eigenvalue weighted by Crippen LogP contribution is 2.48. The fourth-order valence-electron chi connectivity index (χ4n) is 10.3. The van der Waals surface area contributed by atoms with Crippen LogP contribution in [0, 0.1) is 16.7 Å². The van der Waals surface area contributed by atoms with Gasteiger partial charge in [-0.15, -0.1) is 23.5 Å². The molecule has 0 aliphatic carbocycles. The number of nitrogens with zero attached hydrogens (tertiary/aromatic N) is 2. The summed E-state index contributed by atoms with van der Waals surface area (Å²) in [7, 11) is 0. The van der Waals surface area contributed by atoms with Crippen LogP contribution in [0.4, 0.5) is 0 Å². The van der Waals surface area contributed by atoms with Crippen LogP contribution in [0.15, 0.2) is 60.7 Å². The molecule has 15 heteroatoms. The van der Waals surface area contributed by atoms with Gasteiger partial charge in [-0.3, -0.25) is 24.0 Å². The van der Waals surface area contributed by atoms with E-state index in [2.05, 4.69) is 43.6 Å². The first kappa shape index (κ1) is 53.7. The topological polar surface area (TPSA) is 172 Å². The quantitative estimate of drug-likeness (QED) is 0.0759. The van der Waals surface area contributed by atoms with Crippen LogP contribution in [-0.2, 0) is 33.4 Å². The molecule has 0 bridgehead atoms. The van der Waals surface area contributed by atoms with E-state index in [0.29, 0.717) is 58.7 Å². The number of rotatable bonds is 24. The Hall–Kier alpha value is -3.63. The van der Waals surface area contributed by atoms with E-state index in [1.165, 1.54) is 0 Å². The highest BCUT2D eigenvalue weighted by molar-refractivity contribution is 8.00. The van der Waals surface area contributed by atoms with Gasteiger partial charge in [0.25, 0.3) is 0 Å². The molecule has 6 rings (SSSR count). The van der Waals surface area contributed by atoms with Crippen molar-refractivity contribution in [1.29, 1.82) is 0 Å². The fourth-order valence-corrected chi connectivity index (χ4v) is 13.7. The van der Waals surface area contributed by atoms with Crippen molar-refractivity contribution >= 4 is 53.1 Å². The summed E-state index contributed by atoms with van der Waals surface area (Å²) in [6.07, 6.45) is 11.7. The van der Waals surface area contributed by atoms with Crippen LogP contribution in [0.1, 0.15) is 148 Å². The van der Waals surface area contributed by atoms with Crippen molar-refractivity contribution in [1.82, 2.24) is 25.8 Å². The summed E-state index contributed by atoms with van der Waals surface area (Å²) in [6, 6.07) is 17.4. The Morgan fingerprint density at radius 3 is 1.71 bits per heavy atom. The van der Waals surface area contributed by atoms with Crippen LogP contribution < -0.4 is 21.7 Å². The SMILES string of the molecule is CC(C)C(=O)NCC1CCC(=O)N2[C@H](CC(C)(C)[C@H]2C(=O)N[C@H](COCCCCCCCCCCOC[C@@H](NC(=O)[C@H]2N3C(=O)[C@@H](N)CCS[C@H]3CC2(C)C)c2ccccc2)c2ccccc2)S1. The molecule has 0 spiro atoms. The first-order valence-electron chi connectivity index (χ1n) is 25.4. The van der Waals surface area contributed by atoms with Gasteiger partial charge in [-0.2, -0.15) is 0 Å². The lowest BCUT2D eigenvalue weighted by Crippen LogP contribution is -2.56. The Labute approximate surface area is 414 Å². The Bertz CT molecular complexity index is 1960. The number of hydrogen-bond donors (Lipinski definition) is 4. The van der Waals surface area contributed by atoms with Crippen molar-refractivity contribution in [2.24, 2.45) is 22.5 Å². The lowest BCUT2D eigenvalue weighted by molar-refractivity contribution is -0.142. The van der Waals surface area contributed by atoms with Crippen molar-refractivity contribution in [3.8, 4) is 0 Å². The lowest BCUT2D eigenvalue weighted by atomic mass is 9.84. The molecule has 1 unspecified atom stereocenters. The second kappa shape index (κ2) is 25.5. The predicted molar refractivity (Wildman–Crippen MR) is 272 cm³/mol. The molecule has 4 aliphatic heterocycles. The molecule has 2 aromatic rings. The van der Waals surface area contributed by atoms with Crippen molar-refractivity contribution in [2.45, 2.75) is 171 Å². The Morgan fingerprint density at radius 1 is 0.706 bits per heavy atom. The molecule has 4 heterocycles. The van der Waals surface area contributed by atoms with Gasteiger partial charge in [0.1, 0.15) is 12.1 Å². The zero-order valence-electron chi connectivity index (χ0n) is 41.6. The summed E-state index contributed by atoms with van der Waals surface area (Å²) in [4.78, 5) is 71.1. The first-order valence-corrected chi connectivity index (χ1v) is 27.4. The predicted octanol–water partition coefficient (Wildman–Crippen LogP) is 7.89. The summed E-state index contributed by atoms with van der Waals surface area (Å²) < 4.78 is 12.4. The number of nitrogens with one attached hydrogen (secondary N) is 3. The zero-order chi connectivity index (χ0) is 48.8. The minimum atomic E-state index is -0.598. The van der Waals surface area contributed by atoms with E-state index >= 15 is 0 Å². The smallest absolute Gasteiger partial charge is 0.243 e. The van der Waals surface area contributed by atoms with Crippen molar-refractivity contribution < 1.29 is 33.4 Å². The largest absolute Gasteiger partial charge is 0.379 e. The third-order valence-corrected chi connectivity index (χ3v) is 16.9. The molecule has 13 nitrogen and oxygen atoms in total. The van der Waals surface area contributed by atoms with Crippen molar-refractivity contribution in [2.75, 3.05) is 38.7 Å². The van der Waals surface area contributed by atoms with Crippen LogP contribution in [0.5, 0.6) is 0 Å². The van der Waals surface area contributed by atoms with Gasteiger partial charge in [0.2, 0.25) is 29.5 Å². The molecule has 4 aliphatic rings. The maximum atomic E-state index is 14.2. The number of unbranched alkanes of at least 4 members (excludes halogenated alkanes) is 7. The summed E-state index contributed by atoms with van der Waals surface area (Å²) in [5.41, 5.74) is 7.39. The number of benzene rings is 2. The van der Waals surface area contributed by atoms with Gasteiger partial charge in [0, 0.05) is 37.3 Å². The molecule has 5 N–H and O–H groups in total. The molecule has 4 saturated heterocycles. The normalized spacial score (nSPS) is 25.2. The average molecular weight is 977 g/mol. The van der Waals surface area contributed by atoms with Crippen molar-refractivity contribution in [3.63, 3.8) is 0 Å². The Kier molecular flexibility index (Phi) is 20.1. The summed E-state index contributed by atoms with van der Waals surface area (Å²) in [5, 5.41) is 9.54. The highest BCUT2D eigenvalue weighted by Gasteiger charge is 2.55. The number of carbonyl (C=O) groups is 5. The number of amides is 5. The summed E-state index contributed by atoms with van der Waals surface area (Å²) >= 11 is 3.45. The third-order valence-electron chi connectivity index (χ3n) is 14.1. The molecule has 0 aromatic heterocycles. The lowest BCUT2D eigenvalue weighted by Gasteiger charge is -2.34. The van der Waals surface area contributed by atoms with E-state index in [0.717, 1.165) is 74.7 Å². The molecule has 4 fully saturated rings. The van der Waals surface area contributed by atoms with Gasteiger partial charge in [0.05, 0.1) is 42.1 Å². The Morgan fingerprint density at radius 2 is 1.19 bits per heavy atom. The van der Waals surface area contributed by atoms with Gasteiger partial charge >= 0.3 is 0 Å². The van der Waals surface area contributed by atoms with E-state index in [4.69, 9.17) is 15.2 Å². The summed E-state index contributed by atoms with van der Waals surface area (Å²) in [6.45, 7) is 14.5. The van der Waals surface area contributed by atoms with E-state index in [1.807, 2.05) is 79.4 Å². The van der Waals surface area contributed by atoms with Gasteiger partial charge in [-0.1, -0.05) is 141 Å². The van der Waals surface area contributed by atoms with Crippen LogP contribution in [0.3, 0.4) is 0 Å². The van der Waals surface area contributed by atoms with Gasteiger partial charge < -0.3 is 41.0 Å². The van der Waals surface area contributed by atoms with E-state index < -0.39 is 23.5 Å². The third kappa shape index (κ3) is 14.5.